The van der Waals surface area contributed by atoms with Gasteiger partial charge in [-0.05, 0) is 71.8 Å². The van der Waals surface area contributed by atoms with Crippen LogP contribution in [0.4, 0.5) is 5.69 Å². The highest BCUT2D eigenvalue weighted by molar-refractivity contribution is 6.02. The monoisotopic (exact) mass is 444 g/mol. The van der Waals surface area contributed by atoms with Gasteiger partial charge in [0.25, 0.3) is 0 Å². The Kier molecular flexibility index (Phi) is 5.85. The fraction of sp³-hybridized carbons (Fsp3) is 0.259. The smallest absolute Gasteiger partial charge is 0.235 e. The molecular weight excluding hydrogens is 416 g/mol. The maximum Gasteiger partial charge on any atom is 0.235 e. The van der Waals surface area contributed by atoms with Crippen molar-refractivity contribution in [3.8, 4) is 22.6 Å². The molecule has 0 atom stereocenters. The molecule has 170 valence electrons. The summed E-state index contributed by atoms with van der Waals surface area (Å²) < 4.78 is 0. The number of aryl methyl sites for hydroxylation is 1. The summed E-state index contributed by atoms with van der Waals surface area (Å²) in [5.41, 5.74) is 4.91. The zero-order valence-corrected chi connectivity index (χ0v) is 19.1. The van der Waals surface area contributed by atoms with Gasteiger partial charge in [-0.25, -0.2) is 0 Å². The summed E-state index contributed by atoms with van der Waals surface area (Å²) >= 11 is 0. The third-order valence-corrected chi connectivity index (χ3v) is 6.43. The molecular formula is C27H28N2O4. The summed E-state index contributed by atoms with van der Waals surface area (Å²) in [4.78, 5) is 26.3. The number of phenolic OH excluding ortho intramolecular Hbond substituents is 2. The van der Waals surface area contributed by atoms with Crippen LogP contribution in [-0.4, -0.2) is 34.0 Å². The molecule has 6 nitrogen and oxygen atoms in total. The molecule has 0 aromatic heterocycles. The lowest BCUT2D eigenvalue weighted by Crippen LogP contribution is -2.27. The molecule has 0 saturated heterocycles. The van der Waals surface area contributed by atoms with Crippen molar-refractivity contribution in [3.63, 3.8) is 0 Å². The average Bonchev–Trinajstić information content (AvgIpc) is 3.60. The molecule has 1 aliphatic rings. The number of carbonyl (C=O) groups is 2. The Balaban J connectivity index is 1.53. The van der Waals surface area contributed by atoms with E-state index in [1.54, 1.807) is 24.9 Å². The largest absolute Gasteiger partial charge is 0.504 e. The minimum atomic E-state index is -0.680. The number of nitrogens with one attached hydrogen (secondary N) is 1. The highest BCUT2D eigenvalue weighted by atomic mass is 16.3. The van der Waals surface area contributed by atoms with E-state index in [9.17, 15) is 19.8 Å². The van der Waals surface area contributed by atoms with Gasteiger partial charge in [0.15, 0.2) is 11.5 Å². The van der Waals surface area contributed by atoms with Crippen molar-refractivity contribution in [2.75, 3.05) is 12.4 Å². The number of benzene rings is 3. The quantitative estimate of drug-likeness (QED) is 0.480. The van der Waals surface area contributed by atoms with Crippen molar-refractivity contribution in [1.29, 1.82) is 0 Å². The summed E-state index contributed by atoms with van der Waals surface area (Å²) in [6.45, 7) is 4.13. The molecule has 3 aromatic rings. The molecule has 1 saturated carbocycles. The lowest BCUT2D eigenvalue weighted by molar-refractivity contribution is -0.128. The summed E-state index contributed by atoms with van der Waals surface area (Å²) in [6, 6.07) is 18.5. The molecule has 3 N–H and O–H groups in total. The van der Waals surface area contributed by atoms with Crippen LogP contribution in [0.1, 0.15) is 36.5 Å². The van der Waals surface area contributed by atoms with E-state index in [4.69, 9.17) is 0 Å². The zero-order chi connectivity index (χ0) is 23.8. The van der Waals surface area contributed by atoms with Crippen molar-refractivity contribution in [2.24, 2.45) is 0 Å². The summed E-state index contributed by atoms with van der Waals surface area (Å²) in [7, 11) is 1.78. The Morgan fingerprint density at radius 1 is 0.970 bits per heavy atom. The molecule has 0 spiro atoms. The van der Waals surface area contributed by atoms with Crippen LogP contribution < -0.4 is 5.32 Å². The van der Waals surface area contributed by atoms with E-state index in [0.717, 1.165) is 22.3 Å². The van der Waals surface area contributed by atoms with Gasteiger partial charge in [-0.1, -0.05) is 36.4 Å². The molecule has 0 aliphatic heterocycles. The Hall–Kier alpha value is -3.80. The second-order valence-electron chi connectivity index (χ2n) is 8.84. The number of carbonyl (C=O) groups excluding carboxylic acids is 2. The predicted octanol–water partition coefficient (Wildman–Crippen LogP) is 4.72. The van der Waals surface area contributed by atoms with Crippen LogP contribution in [-0.2, 0) is 21.5 Å². The van der Waals surface area contributed by atoms with Crippen molar-refractivity contribution >= 4 is 17.5 Å². The standard InChI is InChI=1S/C27H28N2O4/c1-17-4-10-22(15-23(17)20-7-5-19(6-8-20)16-29(3)18(2)30)28-26(33)27(12-13-27)21-9-11-24(31)25(32)14-21/h4-11,14-15,31-32H,12-13,16H2,1-3H3,(H,28,33). The third-order valence-electron chi connectivity index (χ3n) is 6.43. The summed E-state index contributed by atoms with van der Waals surface area (Å²) in [5.74, 6) is -0.515. The van der Waals surface area contributed by atoms with E-state index in [0.29, 0.717) is 30.6 Å². The molecule has 3 aromatic carbocycles. The molecule has 1 aliphatic carbocycles. The molecule has 0 heterocycles. The van der Waals surface area contributed by atoms with Crippen LogP contribution in [0, 0.1) is 6.92 Å². The van der Waals surface area contributed by atoms with Crippen LogP contribution in [0.3, 0.4) is 0 Å². The van der Waals surface area contributed by atoms with Crippen molar-refractivity contribution < 1.29 is 19.8 Å². The molecule has 1 fully saturated rings. The number of amides is 2. The number of nitrogens with zero attached hydrogens (tertiary/aromatic N) is 1. The molecule has 0 unspecified atom stereocenters. The van der Waals surface area contributed by atoms with Gasteiger partial charge in [0.2, 0.25) is 11.8 Å². The van der Waals surface area contributed by atoms with E-state index in [-0.39, 0.29) is 23.3 Å². The maximum absolute atomic E-state index is 13.1. The van der Waals surface area contributed by atoms with E-state index in [2.05, 4.69) is 5.32 Å². The van der Waals surface area contributed by atoms with E-state index < -0.39 is 5.41 Å². The third kappa shape index (κ3) is 4.55. The van der Waals surface area contributed by atoms with Crippen LogP contribution in [0.2, 0.25) is 0 Å². The Morgan fingerprint density at radius 2 is 1.67 bits per heavy atom. The normalized spacial score (nSPS) is 13.9. The Bertz CT molecular complexity index is 1210. The van der Waals surface area contributed by atoms with E-state index >= 15 is 0 Å². The van der Waals surface area contributed by atoms with Gasteiger partial charge in [0, 0.05) is 26.2 Å². The van der Waals surface area contributed by atoms with Gasteiger partial charge in [0.1, 0.15) is 0 Å². The van der Waals surface area contributed by atoms with Crippen molar-refractivity contribution in [1.82, 2.24) is 4.90 Å². The fourth-order valence-electron chi connectivity index (χ4n) is 4.03. The topological polar surface area (TPSA) is 89.9 Å². The minimum Gasteiger partial charge on any atom is -0.504 e. The first-order chi connectivity index (χ1) is 15.7. The molecule has 0 bridgehead atoms. The number of hydrogen-bond donors (Lipinski definition) is 3. The summed E-state index contributed by atoms with van der Waals surface area (Å²) in [5, 5.41) is 22.5. The van der Waals surface area contributed by atoms with Gasteiger partial charge in [-0.3, -0.25) is 9.59 Å². The minimum absolute atomic E-state index is 0.0225. The summed E-state index contributed by atoms with van der Waals surface area (Å²) in [6.07, 6.45) is 1.38. The highest BCUT2D eigenvalue weighted by Gasteiger charge is 2.51. The van der Waals surface area contributed by atoms with Gasteiger partial charge >= 0.3 is 0 Å². The molecule has 2 amide bonds. The van der Waals surface area contributed by atoms with Gasteiger partial charge in [-0.15, -0.1) is 0 Å². The van der Waals surface area contributed by atoms with Crippen molar-refractivity contribution in [2.45, 2.75) is 38.6 Å². The van der Waals surface area contributed by atoms with E-state index in [1.807, 2.05) is 49.4 Å². The Morgan fingerprint density at radius 3 is 2.27 bits per heavy atom. The van der Waals surface area contributed by atoms with Crippen molar-refractivity contribution in [3.05, 3.63) is 77.4 Å². The average molecular weight is 445 g/mol. The van der Waals surface area contributed by atoms with Gasteiger partial charge in [0.05, 0.1) is 5.41 Å². The number of rotatable bonds is 6. The second kappa shape index (κ2) is 8.62. The second-order valence-corrected chi connectivity index (χ2v) is 8.84. The van der Waals surface area contributed by atoms with Gasteiger partial charge < -0.3 is 20.4 Å². The number of phenols is 2. The first-order valence-corrected chi connectivity index (χ1v) is 11.0. The number of hydrogen-bond acceptors (Lipinski definition) is 4. The highest BCUT2D eigenvalue weighted by Crippen LogP contribution is 2.50. The molecule has 33 heavy (non-hydrogen) atoms. The number of anilines is 1. The molecule has 6 heteroatoms. The van der Waals surface area contributed by atoms with E-state index in [1.165, 1.54) is 12.1 Å². The number of aromatic hydroxyl groups is 2. The van der Waals surface area contributed by atoms with Crippen LogP contribution in [0.5, 0.6) is 11.5 Å². The van der Waals surface area contributed by atoms with Crippen LogP contribution >= 0.6 is 0 Å². The lowest BCUT2D eigenvalue weighted by Gasteiger charge is -2.18. The van der Waals surface area contributed by atoms with Crippen LogP contribution in [0.15, 0.2) is 60.7 Å². The maximum atomic E-state index is 13.1. The van der Waals surface area contributed by atoms with Crippen LogP contribution in [0.25, 0.3) is 11.1 Å². The predicted molar refractivity (Wildman–Crippen MR) is 128 cm³/mol. The molecule has 0 radical (unpaired) electrons. The first-order valence-electron chi connectivity index (χ1n) is 11.0. The Labute approximate surface area is 193 Å². The van der Waals surface area contributed by atoms with Gasteiger partial charge in [-0.2, -0.15) is 0 Å². The molecule has 4 rings (SSSR count). The first kappa shape index (κ1) is 22.4. The SMILES string of the molecule is CC(=O)N(C)Cc1ccc(-c2cc(NC(=O)C3(c4ccc(O)c(O)c4)CC3)ccc2C)cc1. The lowest BCUT2D eigenvalue weighted by atomic mass is 9.94. The fourth-order valence-corrected chi connectivity index (χ4v) is 4.03. The zero-order valence-electron chi connectivity index (χ0n) is 19.1.